The van der Waals surface area contributed by atoms with Crippen molar-refractivity contribution in [1.82, 2.24) is 4.90 Å². The predicted molar refractivity (Wildman–Crippen MR) is 59.1 cm³/mol. The number of hydrogen-bond acceptors (Lipinski definition) is 2. The van der Waals surface area contributed by atoms with Crippen molar-refractivity contribution in [2.24, 2.45) is 11.8 Å². The van der Waals surface area contributed by atoms with E-state index < -0.39 is 23.9 Å². The molecule has 17 heavy (non-hydrogen) atoms. The van der Waals surface area contributed by atoms with E-state index in [1.807, 2.05) is 0 Å². The standard InChI is InChI=1S/C12H19F2NO2/c1-2-10(11(16)17)15-6-8-4-3-5-12(13,14)9(8)7-15/h8-10H,2-7H2,1H3,(H,16,17)/t8-,9-,10-/m1/s1. The maximum atomic E-state index is 13.7. The summed E-state index contributed by atoms with van der Waals surface area (Å²) in [5.74, 6) is -4.15. The Hall–Kier alpha value is -0.710. The Morgan fingerprint density at radius 1 is 1.53 bits per heavy atom. The fourth-order valence-electron chi connectivity index (χ4n) is 3.30. The zero-order valence-electron chi connectivity index (χ0n) is 10.0. The first-order valence-corrected chi connectivity index (χ1v) is 6.30. The Morgan fingerprint density at radius 3 is 2.76 bits per heavy atom. The lowest BCUT2D eigenvalue weighted by atomic mass is 9.79. The molecule has 1 saturated carbocycles. The largest absolute Gasteiger partial charge is 0.480 e. The van der Waals surface area contributed by atoms with Crippen molar-refractivity contribution in [1.29, 1.82) is 0 Å². The van der Waals surface area contributed by atoms with E-state index in [4.69, 9.17) is 5.11 Å². The summed E-state index contributed by atoms with van der Waals surface area (Å²) in [6, 6.07) is -0.601. The Balaban J connectivity index is 2.09. The summed E-state index contributed by atoms with van der Waals surface area (Å²) in [4.78, 5) is 12.8. The van der Waals surface area contributed by atoms with Gasteiger partial charge in [-0.2, -0.15) is 0 Å². The lowest BCUT2D eigenvalue weighted by Gasteiger charge is -2.32. The quantitative estimate of drug-likeness (QED) is 0.831. The molecule has 1 saturated heterocycles. The van der Waals surface area contributed by atoms with Gasteiger partial charge in [0.15, 0.2) is 0 Å². The fourth-order valence-corrected chi connectivity index (χ4v) is 3.30. The van der Waals surface area contributed by atoms with Gasteiger partial charge in [0, 0.05) is 25.4 Å². The molecule has 1 aliphatic carbocycles. The molecule has 2 aliphatic rings. The molecule has 0 radical (unpaired) electrons. The van der Waals surface area contributed by atoms with Crippen LogP contribution in [-0.4, -0.2) is 41.0 Å². The molecule has 0 unspecified atom stereocenters. The molecule has 0 aromatic heterocycles. The Kier molecular flexibility index (Phi) is 3.39. The summed E-state index contributed by atoms with van der Waals surface area (Å²) in [6.45, 7) is 2.55. The van der Waals surface area contributed by atoms with Gasteiger partial charge < -0.3 is 5.11 Å². The van der Waals surface area contributed by atoms with Crippen LogP contribution in [0.1, 0.15) is 32.6 Å². The van der Waals surface area contributed by atoms with Crippen molar-refractivity contribution in [3.8, 4) is 0 Å². The number of carboxylic acids is 1. The van der Waals surface area contributed by atoms with Crippen LogP contribution in [0.15, 0.2) is 0 Å². The smallest absolute Gasteiger partial charge is 0.320 e. The number of nitrogens with zero attached hydrogens (tertiary/aromatic N) is 1. The number of hydrogen-bond donors (Lipinski definition) is 1. The highest BCUT2D eigenvalue weighted by Gasteiger charge is 2.52. The van der Waals surface area contributed by atoms with Crippen molar-refractivity contribution >= 4 is 5.97 Å². The summed E-state index contributed by atoms with van der Waals surface area (Å²) in [6.07, 6.45) is 1.81. The number of halogens is 2. The Bertz CT molecular complexity index is 309. The van der Waals surface area contributed by atoms with Crippen molar-refractivity contribution in [2.45, 2.75) is 44.6 Å². The molecular formula is C12H19F2NO2. The van der Waals surface area contributed by atoms with E-state index in [0.717, 1.165) is 6.42 Å². The van der Waals surface area contributed by atoms with Gasteiger partial charge in [-0.05, 0) is 25.2 Å². The summed E-state index contributed by atoms with van der Waals surface area (Å²) >= 11 is 0. The second kappa shape index (κ2) is 4.52. The van der Waals surface area contributed by atoms with Crippen molar-refractivity contribution in [2.75, 3.05) is 13.1 Å². The van der Waals surface area contributed by atoms with Gasteiger partial charge >= 0.3 is 5.97 Å². The normalized spacial score (nSPS) is 34.3. The van der Waals surface area contributed by atoms with E-state index in [-0.39, 0.29) is 18.9 Å². The van der Waals surface area contributed by atoms with E-state index in [1.165, 1.54) is 0 Å². The summed E-state index contributed by atoms with van der Waals surface area (Å²) in [7, 11) is 0. The van der Waals surface area contributed by atoms with Crippen LogP contribution in [0.25, 0.3) is 0 Å². The molecule has 2 fully saturated rings. The minimum Gasteiger partial charge on any atom is -0.480 e. The van der Waals surface area contributed by atoms with Crippen molar-refractivity contribution in [3.63, 3.8) is 0 Å². The number of aliphatic carboxylic acids is 1. The maximum absolute atomic E-state index is 13.7. The molecule has 1 aliphatic heterocycles. The van der Waals surface area contributed by atoms with Gasteiger partial charge in [-0.25, -0.2) is 8.78 Å². The van der Waals surface area contributed by atoms with Gasteiger partial charge in [-0.15, -0.1) is 0 Å². The minimum absolute atomic E-state index is 0.0212. The average molecular weight is 247 g/mol. The van der Waals surface area contributed by atoms with Crippen LogP contribution in [0.3, 0.4) is 0 Å². The third-order valence-electron chi connectivity index (χ3n) is 4.21. The average Bonchev–Trinajstić information content (AvgIpc) is 2.63. The summed E-state index contributed by atoms with van der Waals surface area (Å²) < 4.78 is 27.5. The van der Waals surface area contributed by atoms with E-state index in [0.29, 0.717) is 19.4 Å². The van der Waals surface area contributed by atoms with Gasteiger partial charge in [0.2, 0.25) is 0 Å². The first-order valence-electron chi connectivity index (χ1n) is 6.30. The van der Waals surface area contributed by atoms with Gasteiger partial charge in [-0.3, -0.25) is 9.69 Å². The van der Waals surface area contributed by atoms with Crippen molar-refractivity contribution in [3.05, 3.63) is 0 Å². The lowest BCUT2D eigenvalue weighted by Crippen LogP contribution is -2.41. The molecule has 98 valence electrons. The molecule has 0 bridgehead atoms. The molecular weight excluding hydrogens is 228 g/mol. The molecule has 0 amide bonds. The Morgan fingerprint density at radius 2 is 2.24 bits per heavy atom. The topological polar surface area (TPSA) is 40.5 Å². The molecule has 1 N–H and O–H groups in total. The van der Waals surface area contributed by atoms with Gasteiger partial charge in [0.1, 0.15) is 6.04 Å². The van der Waals surface area contributed by atoms with Crippen LogP contribution < -0.4 is 0 Å². The first kappa shape index (κ1) is 12.7. The van der Waals surface area contributed by atoms with Crippen LogP contribution in [0.2, 0.25) is 0 Å². The van der Waals surface area contributed by atoms with Crippen LogP contribution in [0, 0.1) is 11.8 Å². The maximum Gasteiger partial charge on any atom is 0.320 e. The monoisotopic (exact) mass is 247 g/mol. The van der Waals surface area contributed by atoms with E-state index >= 15 is 0 Å². The van der Waals surface area contributed by atoms with E-state index in [9.17, 15) is 13.6 Å². The number of carboxylic acid groups (broad SMARTS) is 1. The van der Waals surface area contributed by atoms with E-state index in [2.05, 4.69) is 0 Å². The number of carbonyl (C=O) groups is 1. The molecule has 0 aromatic carbocycles. The molecule has 1 heterocycles. The van der Waals surface area contributed by atoms with Crippen LogP contribution in [-0.2, 0) is 4.79 Å². The SMILES string of the molecule is CC[C@H](C(=O)O)N1C[C@H]2CCCC(F)(F)[C@@H]2C1. The molecule has 2 rings (SSSR count). The highest BCUT2D eigenvalue weighted by molar-refractivity contribution is 5.73. The first-order chi connectivity index (χ1) is 7.95. The molecule has 0 aromatic rings. The molecule has 0 spiro atoms. The van der Waals surface area contributed by atoms with Crippen LogP contribution in [0.4, 0.5) is 8.78 Å². The second-order valence-corrected chi connectivity index (χ2v) is 5.24. The van der Waals surface area contributed by atoms with Crippen molar-refractivity contribution < 1.29 is 18.7 Å². The number of fused-ring (bicyclic) bond motifs is 1. The zero-order valence-corrected chi connectivity index (χ0v) is 10.0. The van der Waals surface area contributed by atoms with Crippen LogP contribution in [0.5, 0.6) is 0 Å². The lowest BCUT2D eigenvalue weighted by molar-refractivity contribution is -0.143. The second-order valence-electron chi connectivity index (χ2n) is 5.24. The number of likely N-dealkylation sites (tertiary alicyclic amines) is 1. The summed E-state index contributed by atoms with van der Waals surface area (Å²) in [5, 5.41) is 9.07. The third-order valence-corrected chi connectivity index (χ3v) is 4.21. The highest BCUT2D eigenvalue weighted by atomic mass is 19.3. The van der Waals surface area contributed by atoms with Crippen LogP contribution >= 0.6 is 0 Å². The van der Waals surface area contributed by atoms with E-state index in [1.54, 1.807) is 11.8 Å². The number of rotatable bonds is 3. The molecule has 5 heteroatoms. The molecule has 3 atom stereocenters. The van der Waals surface area contributed by atoms with Gasteiger partial charge in [0.25, 0.3) is 5.92 Å². The Labute approximate surface area is 99.8 Å². The fraction of sp³-hybridized carbons (Fsp3) is 0.917. The minimum atomic E-state index is -2.60. The summed E-state index contributed by atoms with van der Waals surface area (Å²) in [5.41, 5.74) is 0. The molecule has 3 nitrogen and oxygen atoms in total. The number of alkyl halides is 2. The zero-order chi connectivity index (χ0) is 12.6. The highest BCUT2D eigenvalue weighted by Crippen LogP contribution is 2.46. The van der Waals surface area contributed by atoms with Gasteiger partial charge in [0.05, 0.1) is 0 Å². The van der Waals surface area contributed by atoms with Gasteiger partial charge in [-0.1, -0.05) is 6.92 Å². The predicted octanol–water partition coefficient (Wildman–Crippen LogP) is 2.22. The third kappa shape index (κ3) is 2.30.